The van der Waals surface area contributed by atoms with E-state index < -0.39 is 6.10 Å². The first-order valence-corrected chi connectivity index (χ1v) is 9.22. The molecule has 1 atom stereocenters. The van der Waals surface area contributed by atoms with Crippen molar-refractivity contribution in [2.45, 2.75) is 26.4 Å². The summed E-state index contributed by atoms with van der Waals surface area (Å²) >= 11 is 0. The van der Waals surface area contributed by atoms with Crippen LogP contribution < -0.4 is 0 Å². The van der Waals surface area contributed by atoms with Crippen LogP contribution in [0.4, 0.5) is 0 Å². The lowest BCUT2D eigenvalue weighted by Crippen LogP contribution is -2.02. The summed E-state index contributed by atoms with van der Waals surface area (Å²) in [6, 6.07) is 22.8. The van der Waals surface area contributed by atoms with E-state index in [9.17, 15) is 5.11 Å². The van der Waals surface area contributed by atoms with Crippen LogP contribution in [0.15, 0.2) is 84.8 Å². The summed E-state index contributed by atoms with van der Waals surface area (Å²) in [5.41, 5.74) is 5.65. The maximum Gasteiger partial charge on any atom is 0.0917 e. The monoisotopic (exact) mass is 359 g/mol. The normalized spacial score (nSPS) is 12.6. The summed E-state index contributed by atoms with van der Waals surface area (Å²) in [6.07, 6.45) is 3.78. The quantitative estimate of drug-likeness (QED) is 0.585. The van der Waals surface area contributed by atoms with Gasteiger partial charge in [-0.15, -0.1) is 0 Å². The number of benzene rings is 2. The van der Waals surface area contributed by atoms with Crippen molar-refractivity contribution in [1.29, 1.82) is 0 Å². The van der Waals surface area contributed by atoms with Gasteiger partial charge in [-0.3, -0.25) is 4.98 Å². The molecular weight excluding hydrogens is 334 g/mol. The van der Waals surface area contributed by atoms with Crippen molar-refractivity contribution in [1.82, 2.24) is 4.98 Å². The van der Waals surface area contributed by atoms with Crippen LogP contribution in [-0.4, -0.2) is 22.8 Å². The Balaban J connectivity index is 1.88. The molecule has 1 heterocycles. The maximum atomic E-state index is 9.43. The molecule has 0 saturated carbocycles. The van der Waals surface area contributed by atoms with Crippen molar-refractivity contribution in [3.8, 4) is 22.4 Å². The van der Waals surface area contributed by atoms with Gasteiger partial charge in [0.25, 0.3) is 0 Å². The summed E-state index contributed by atoms with van der Waals surface area (Å²) in [5, 5.41) is 9.43. The highest BCUT2D eigenvalue weighted by atomic mass is 16.5. The van der Waals surface area contributed by atoms with Gasteiger partial charge in [-0.1, -0.05) is 54.6 Å². The zero-order valence-corrected chi connectivity index (χ0v) is 15.8. The number of nitrogens with zero attached hydrogens (tertiary/aromatic N) is 1. The lowest BCUT2D eigenvalue weighted by molar-refractivity contribution is 0.198. The fourth-order valence-corrected chi connectivity index (χ4v) is 3.09. The Morgan fingerprint density at radius 2 is 1.81 bits per heavy atom. The molecule has 0 saturated heterocycles. The first-order chi connectivity index (χ1) is 13.1. The van der Waals surface area contributed by atoms with Crippen LogP contribution in [-0.2, 0) is 11.2 Å². The van der Waals surface area contributed by atoms with E-state index in [-0.39, 0.29) is 0 Å². The molecule has 0 amide bonds. The molecule has 1 aromatic heterocycles. The van der Waals surface area contributed by atoms with Gasteiger partial charge < -0.3 is 9.84 Å². The van der Waals surface area contributed by atoms with E-state index in [2.05, 4.69) is 47.4 Å². The Kier molecular flexibility index (Phi) is 6.39. The number of aliphatic hydroxyl groups excluding tert-OH is 1. The standard InChI is InChI=1S/C24H25NO2/c1-18(26)16-19(2)27-15-13-22-17-21(20-8-4-3-5-9-20)11-12-23(22)24-10-6-7-14-25-24/h3-12,14,16-18,26H,13,15H2,1-2H3/b19-16-. The van der Waals surface area contributed by atoms with E-state index >= 15 is 0 Å². The third-order valence-electron chi connectivity index (χ3n) is 4.33. The van der Waals surface area contributed by atoms with Crippen molar-refractivity contribution in [2.75, 3.05) is 6.61 Å². The van der Waals surface area contributed by atoms with Gasteiger partial charge in [0.15, 0.2) is 0 Å². The molecule has 1 N–H and O–H groups in total. The van der Waals surface area contributed by atoms with Crippen molar-refractivity contribution in [2.24, 2.45) is 0 Å². The van der Waals surface area contributed by atoms with E-state index in [1.807, 2.05) is 37.4 Å². The number of ether oxygens (including phenoxy) is 1. The molecule has 27 heavy (non-hydrogen) atoms. The zero-order valence-electron chi connectivity index (χ0n) is 15.8. The van der Waals surface area contributed by atoms with Crippen LogP contribution in [0.2, 0.25) is 0 Å². The van der Waals surface area contributed by atoms with Crippen molar-refractivity contribution in [3.63, 3.8) is 0 Å². The number of aromatic nitrogens is 1. The number of rotatable bonds is 7. The minimum Gasteiger partial charge on any atom is -0.498 e. The van der Waals surface area contributed by atoms with Crippen LogP contribution in [0.1, 0.15) is 19.4 Å². The Morgan fingerprint density at radius 1 is 1.04 bits per heavy atom. The molecule has 138 valence electrons. The molecule has 0 spiro atoms. The molecule has 0 aliphatic heterocycles. The summed E-state index contributed by atoms with van der Waals surface area (Å²) < 4.78 is 5.77. The molecule has 0 aliphatic rings. The minimum absolute atomic E-state index is 0.504. The van der Waals surface area contributed by atoms with E-state index in [1.165, 1.54) is 16.7 Å². The summed E-state index contributed by atoms with van der Waals surface area (Å²) in [6.45, 7) is 4.13. The summed E-state index contributed by atoms with van der Waals surface area (Å²) in [4.78, 5) is 4.51. The van der Waals surface area contributed by atoms with Crippen molar-refractivity contribution in [3.05, 3.63) is 90.3 Å². The number of pyridine rings is 1. The Hall–Kier alpha value is -2.91. The predicted molar refractivity (Wildman–Crippen MR) is 110 cm³/mol. The summed E-state index contributed by atoms with van der Waals surface area (Å²) in [5.74, 6) is 0.739. The molecule has 0 radical (unpaired) electrons. The van der Waals surface area contributed by atoms with Crippen LogP contribution >= 0.6 is 0 Å². The topological polar surface area (TPSA) is 42.4 Å². The molecular formula is C24H25NO2. The maximum absolute atomic E-state index is 9.43. The molecule has 3 rings (SSSR count). The first-order valence-electron chi connectivity index (χ1n) is 9.22. The number of allylic oxidation sites excluding steroid dienone is 1. The fourth-order valence-electron chi connectivity index (χ4n) is 3.09. The van der Waals surface area contributed by atoms with Gasteiger partial charge in [0.2, 0.25) is 0 Å². The highest BCUT2D eigenvalue weighted by molar-refractivity contribution is 5.72. The molecule has 3 aromatic rings. The van der Waals surface area contributed by atoms with Crippen LogP contribution in [0.25, 0.3) is 22.4 Å². The van der Waals surface area contributed by atoms with Gasteiger partial charge >= 0.3 is 0 Å². The van der Waals surface area contributed by atoms with Crippen LogP contribution in [0.3, 0.4) is 0 Å². The van der Waals surface area contributed by atoms with E-state index in [1.54, 1.807) is 13.0 Å². The highest BCUT2D eigenvalue weighted by Gasteiger charge is 2.09. The molecule has 3 heteroatoms. The smallest absolute Gasteiger partial charge is 0.0917 e. The molecule has 0 fully saturated rings. The number of aliphatic hydroxyl groups is 1. The van der Waals surface area contributed by atoms with Crippen LogP contribution in [0.5, 0.6) is 0 Å². The third kappa shape index (κ3) is 5.28. The fraction of sp³-hybridized carbons (Fsp3) is 0.208. The zero-order chi connectivity index (χ0) is 19.1. The van der Waals surface area contributed by atoms with Crippen LogP contribution in [0, 0.1) is 0 Å². The Bertz CT molecular complexity index is 887. The second kappa shape index (κ2) is 9.15. The predicted octanol–water partition coefficient (Wildman–Crippen LogP) is 5.26. The first kappa shape index (κ1) is 18.9. The Labute approximate surface area is 161 Å². The SMILES string of the molecule is C/C(=C/C(C)O)OCCc1cc(-c2ccccc2)ccc1-c1ccccn1. The van der Waals surface area contributed by atoms with E-state index in [4.69, 9.17) is 4.74 Å². The lowest BCUT2D eigenvalue weighted by atomic mass is 9.95. The van der Waals surface area contributed by atoms with Gasteiger partial charge in [0, 0.05) is 18.2 Å². The van der Waals surface area contributed by atoms with E-state index in [0.717, 1.165) is 23.4 Å². The van der Waals surface area contributed by atoms with Gasteiger partial charge in [-0.2, -0.15) is 0 Å². The molecule has 0 bridgehead atoms. The van der Waals surface area contributed by atoms with E-state index in [0.29, 0.717) is 6.61 Å². The second-order valence-electron chi connectivity index (χ2n) is 6.57. The third-order valence-corrected chi connectivity index (χ3v) is 4.33. The molecule has 0 aliphatic carbocycles. The highest BCUT2D eigenvalue weighted by Crippen LogP contribution is 2.28. The largest absolute Gasteiger partial charge is 0.498 e. The second-order valence-corrected chi connectivity index (χ2v) is 6.57. The lowest BCUT2D eigenvalue weighted by Gasteiger charge is -2.13. The van der Waals surface area contributed by atoms with Gasteiger partial charge in [-0.05, 0) is 48.7 Å². The molecule has 2 aromatic carbocycles. The molecule has 3 nitrogen and oxygen atoms in total. The average molecular weight is 359 g/mol. The van der Waals surface area contributed by atoms with Crippen molar-refractivity contribution < 1.29 is 9.84 Å². The number of hydrogen-bond acceptors (Lipinski definition) is 3. The molecule has 1 unspecified atom stereocenters. The minimum atomic E-state index is -0.504. The van der Waals surface area contributed by atoms with Gasteiger partial charge in [0.1, 0.15) is 0 Å². The van der Waals surface area contributed by atoms with Crippen molar-refractivity contribution >= 4 is 0 Å². The Morgan fingerprint density at radius 3 is 2.52 bits per heavy atom. The average Bonchev–Trinajstić information content (AvgIpc) is 2.69. The number of hydrogen-bond donors (Lipinski definition) is 1. The van der Waals surface area contributed by atoms with Gasteiger partial charge in [0.05, 0.1) is 24.2 Å². The van der Waals surface area contributed by atoms with Gasteiger partial charge in [-0.25, -0.2) is 0 Å². The summed E-state index contributed by atoms with van der Waals surface area (Å²) in [7, 11) is 0.